The molecule has 0 unspecified atom stereocenters. The molecule has 61 heavy (non-hydrogen) atoms. The Balaban J connectivity index is 1.49. The first-order chi connectivity index (χ1) is 28.9. The van der Waals surface area contributed by atoms with Crippen molar-refractivity contribution in [1.82, 2.24) is 25.5 Å². The number of nitrogens with two attached hydrogens (primary N) is 4. The van der Waals surface area contributed by atoms with Crippen molar-refractivity contribution in [1.29, 1.82) is 0 Å². The van der Waals surface area contributed by atoms with Gasteiger partial charge in [-0.1, -0.05) is 48.0 Å². The maximum Gasteiger partial charge on any atom is 0.280 e. The number of hydrogen-bond acceptors (Lipinski definition) is 18. The number of aryl methyl sites for hydroxylation is 2. The summed E-state index contributed by atoms with van der Waals surface area (Å²) in [5.74, 6) is -1.65. The summed E-state index contributed by atoms with van der Waals surface area (Å²) in [5, 5.41) is 96.5. The first-order valence-electron chi connectivity index (χ1n) is 19.9. The fraction of sp³-hybridized carbons (Fsp3) is 0.564. The Hall–Kier alpha value is -4.36. The van der Waals surface area contributed by atoms with Crippen molar-refractivity contribution in [2.45, 2.75) is 93.7 Å². The normalized spacial score (nSPS) is 16.1. The molecule has 3 aromatic rings. The number of fused-ring (bicyclic) bond motifs is 1. The lowest BCUT2D eigenvalue weighted by Crippen LogP contribution is -2.51. The molecule has 1 aromatic heterocycles. The van der Waals surface area contributed by atoms with Crippen LogP contribution in [0.2, 0.25) is 5.15 Å². The van der Waals surface area contributed by atoms with Gasteiger partial charge in [-0.05, 0) is 73.5 Å². The lowest BCUT2D eigenvalue weighted by Gasteiger charge is -2.32. The second kappa shape index (κ2) is 25.5. The molecule has 0 radical (unpaired) electrons. The van der Waals surface area contributed by atoms with E-state index in [1.165, 1.54) is 4.90 Å². The molecule has 0 saturated carbocycles. The Labute approximate surface area is 358 Å². The van der Waals surface area contributed by atoms with Crippen LogP contribution in [0.25, 0.3) is 10.8 Å². The molecule has 1 heterocycles. The standard InChI is InChI=1S/C39H61ClN10O11/c40-34-36(42)48-35(41)31(47-34)38(61)49-39(44)46-11-2-1-4-21-5-8-24-15-22(6-9-23(24)14-21)7-10-26(37(43)60)45-12-3-13-50(17-25(53)16-27(54)29(56)19-51)18-28(55)32(58)33(59)30(57)20-52/h5-6,8-9,14-15,25-30,32-33,45,51-59H,1-4,7,10-13,16-20H2,(H2,43,60)(H4,41,42,48)(H3,44,46,49,61)/t25-,26+,27+,28+,29-,30-,32-,33-/m1/s1. The molecule has 0 saturated heterocycles. The number of amides is 2. The number of aliphatic hydroxyl groups excluding tert-OH is 9. The topological polar surface area (TPSA) is 386 Å². The van der Waals surface area contributed by atoms with Crippen LogP contribution in [0.1, 0.15) is 53.7 Å². The lowest BCUT2D eigenvalue weighted by molar-refractivity contribution is -0.121. The van der Waals surface area contributed by atoms with Gasteiger partial charge in [-0.15, -0.1) is 0 Å². The average molecular weight is 881 g/mol. The van der Waals surface area contributed by atoms with E-state index in [2.05, 4.69) is 37.7 Å². The largest absolute Gasteiger partial charge is 0.394 e. The van der Waals surface area contributed by atoms with Crippen LogP contribution in [0, 0.1) is 0 Å². The molecule has 22 heteroatoms. The summed E-state index contributed by atoms with van der Waals surface area (Å²) < 4.78 is 0. The van der Waals surface area contributed by atoms with Crippen molar-refractivity contribution < 1.29 is 55.5 Å². The summed E-state index contributed by atoms with van der Waals surface area (Å²) in [4.78, 5) is 38.1. The number of nitrogens with one attached hydrogen (secondary N) is 2. The van der Waals surface area contributed by atoms with Gasteiger partial charge >= 0.3 is 0 Å². The second-order valence-corrected chi connectivity index (χ2v) is 15.3. The number of aliphatic imine (C=N–C) groups is 1. The summed E-state index contributed by atoms with van der Waals surface area (Å²) in [6.07, 6.45) is -7.83. The Bertz CT molecular complexity index is 1880. The molecule has 0 aliphatic heterocycles. The number of carbonyl (C=O) groups excluding carboxylic acids is 2. The zero-order valence-electron chi connectivity index (χ0n) is 33.8. The minimum absolute atomic E-state index is 0.0975. The van der Waals surface area contributed by atoms with Crippen LogP contribution in [0.4, 0.5) is 11.6 Å². The molecule has 3 rings (SSSR count). The Morgan fingerprint density at radius 2 is 1.39 bits per heavy atom. The van der Waals surface area contributed by atoms with Crippen molar-refractivity contribution in [2.24, 2.45) is 16.5 Å². The minimum Gasteiger partial charge on any atom is -0.394 e. The smallest absolute Gasteiger partial charge is 0.280 e. The number of rotatable bonds is 27. The monoisotopic (exact) mass is 880 g/mol. The van der Waals surface area contributed by atoms with E-state index in [0.29, 0.717) is 38.8 Å². The van der Waals surface area contributed by atoms with Crippen LogP contribution in [0.3, 0.4) is 0 Å². The molecule has 0 aliphatic rings. The summed E-state index contributed by atoms with van der Waals surface area (Å²) in [6, 6.07) is 11.6. The van der Waals surface area contributed by atoms with Crippen LogP contribution in [-0.2, 0) is 17.6 Å². The molecular weight excluding hydrogens is 820 g/mol. The highest BCUT2D eigenvalue weighted by Gasteiger charge is 2.32. The van der Waals surface area contributed by atoms with Gasteiger partial charge in [-0.25, -0.2) is 9.97 Å². The van der Waals surface area contributed by atoms with Gasteiger partial charge in [-0.2, -0.15) is 0 Å². The van der Waals surface area contributed by atoms with Crippen molar-refractivity contribution in [2.75, 3.05) is 57.4 Å². The van der Waals surface area contributed by atoms with E-state index in [9.17, 15) is 45.3 Å². The first kappa shape index (κ1) is 51.0. The quantitative estimate of drug-likeness (QED) is 0.0200. The number of guanidine groups is 1. The zero-order valence-corrected chi connectivity index (χ0v) is 34.6. The van der Waals surface area contributed by atoms with Crippen molar-refractivity contribution in [3.63, 3.8) is 0 Å². The molecule has 0 spiro atoms. The minimum atomic E-state index is -1.85. The first-order valence-corrected chi connectivity index (χ1v) is 20.3. The van der Waals surface area contributed by atoms with E-state index in [4.69, 9.17) is 44.7 Å². The number of carbonyl (C=O) groups is 2. The van der Waals surface area contributed by atoms with Gasteiger partial charge in [0, 0.05) is 26.1 Å². The van der Waals surface area contributed by atoms with E-state index in [1.54, 1.807) is 0 Å². The number of primary amides is 1. The van der Waals surface area contributed by atoms with Crippen molar-refractivity contribution in [3.8, 4) is 0 Å². The van der Waals surface area contributed by atoms with E-state index in [1.807, 2.05) is 24.3 Å². The molecule has 2 amide bonds. The Morgan fingerprint density at radius 1 is 0.770 bits per heavy atom. The molecule has 0 fully saturated rings. The fourth-order valence-electron chi connectivity index (χ4n) is 6.48. The predicted molar refractivity (Wildman–Crippen MR) is 228 cm³/mol. The van der Waals surface area contributed by atoms with Gasteiger partial charge in [0.15, 0.2) is 28.4 Å². The number of nitrogens with zero attached hydrogens (tertiary/aromatic N) is 4. The third kappa shape index (κ3) is 16.8. The second-order valence-electron chi connectivity index (χ2n) is 14.9. The zero-order chi connectivity index (χ0) is 45.2. The van der Waals surface area contributed by atoms with Gasteiger partial charge in [-0.3, -0.25) is 24.8 Å². The molecule has 21 nitrogen and oxygen atoms in total. The van der Waals surface area contributed by atoms with E-state index < -0.39 is 73.8 Å². The van der Waals surface area contributed by atoms with E-state index >= 15 is 0 Å². The summed E-state index contributed by atoms with van der Waals surface area (Å²) >= 11 is 5.83. The number of halogens is 1. The number of hydrogen-bond donors (Lipinski definition) is 15. The Morgan fingerprint density at radius 3 is 2.02 bits per heavy atom. The maximum absolute atomic E-state index is 12.4. The van der Waals surface area contributed by atoms with Crippen LogP contribution in [0.5, 0.6) is 0 Å². The van der Waals surface area contributed by atoms with E-state index in [0.717, 1.165) is 34.7 Å². The number of aliphatic hydroxyl groups is 9. The number of anilines is 2. The summed E-state index contributed by atoms with van der Waals surface area (Å²) in [6.45, 7) is -1.15. The van der Waals surface area contributed by atoms with E-state index in [-0.39, 0.29) is 54.5 Å². The molecule has 8 atom stereocenters. The van der Waals surface area contributed by atoms with Crippen LogP contribution < -0.4 is 33.6 Å². The molecule has 2 aromatic carbocycles. The van der Waals surface area contributed by atoms with Gasteiger partial charge in [0.25, 0.3) is 5.91 Å². The number of aromatic nitrogens is 2. The SMILES string of the molecule is NC(=O)[C@H](CCc1ccc2cc(CCCCN=C(N)NC(=O)c3nc(Cl)c(N)nc3N)ccc2c1)NCCCN(C[C@H](O)C[C@H](O)[C@H](O)CO)C[C@H](O)[C@@H](O)[C@H](O)[C@H](O)CO. The molecule has 340 valence electrons. The highest BCUT2D eigenvalue weighted by Crippen LogP contribution is 2.21. The average Bonchev–Trinajstić information content (AvgIpc) is 3.22. The van der Waals surface area contributed by atoms with Gasteiger partial charge < -0.3 is 74.2 Å². The molecule has 19 N–H and O–H groups in total. The molecule has 0 bridgehead atoms. The number of nitrogen functional groups attached to an aromatic ring is 2. The van der Waals surface area contributed by atoms with Crippen molar-refractivity contribution in [3.05, 3.63) is 58.4 Å². The summed E-state index contributed by atoms with van der Waals surface area (Å²) in [5.41, 5.74) is 24.7. The van der Waals surface area contributed by atoms with Crippen LogP contribution >= 0.6 is 11.6 Å². The maximum atomic E-state index is 12.4. The highest BCUT2D eigenvalue weighted by atomic mass is 35.5. The van der Waals surface area contributed by atoms with Gasteiger partial charge in [0.05, 0.1) is 37.6 Å². The Kier molecular flexibility index (Phi) is 21.4. The van der Waals surface area contributed by atoms with Crippen LogP contribution in [-0.4, -0.2) is 173 Å². The lowest BCUT2D eigenvalue weighted by atomic mass is 9.98. The van der Waals surface area contributed by atoms with Crippen LogP contribution in [0.15, 0.2) is 41.4 Å². The van der Waals surface area contributed by atoms with Gasteiger partial charge in [0.2, 0.25) is 5.91 Å². The predicted octanol–water partition coefficient (Wildman–Crippen LogP) is -3.52. The molecule has 0 aliphatic carbocycles. The summed E-state index contributed by atoms with van der Waals surface area (Å²) in [7, 11) is 0. The third-order valence-electron chi connectivity index (χ3n) is 9.98. The third-order valence-corrected chi connectivity index (χ3v) is 10.3. The number of unbranched alkanes of at least 4 members (excludes halogenated alkanes) is 1. The fourth-order valence-corrected chi connectivity index (χ4v) is 6.60. The number of benzene rings is 2. The highest BCUT2D eigenvalue weighted by molar-refractivity contribution is 6.31. The van der Waals surface area contributed by atoms with Gasteiger partial charge in [0.1, 0.15) is 24.4 Å². The molecular formula is C39H61ClN10O11. The van der Waals surface area contributed by atoms with Crippen molar-refractivity contribution >= 4 is 51.8 Å².